The minimum absolute atomic E-state index is 0.315. The van der Waals surface area contributed by atoms with Crippen LogP contribution >= 0.6 is 11.3 Å². The van der Waals surface area contributed by atoms with Gasteiger partial charge in [-0.2, -0.15) is 0 Å². The average molecular weight is 281 g/mol. The molecule has 0 saturated heterocycles. The van der Waals surface area contributed by atoms with Crippen LogP contribution < -0.4 is 5.32 Å². The molecule has 1 unspecified atom stereocenters. The van der Waals surface area contributed by atoms with Crippen LogP contribution in [0, 0.1) is 6.92 Å². The lowest BCUT2D eigenvalue weighted by molar-refractivity contribution is -0.139. The lowest BCUT2D eigenvalue weighted by Crippen LogP contribution is -2.40. The number of carbonyl (C=O) groups is 2. The third-order valence-corrected chi connectivity index (χ3v) is 4.21. The molecule has 0 radical (unpaired) electrons. The van der Waals surface area contributed by atoms with Crippen molar-refractivity contribution in [2.75, 3.05) is 0 Å². The number of carbonyl (C=O) groups excluding carboxylic acids is 1. The zero-order chi connectivity index (χ0) is 14.4. The Morgan fingerprint density at radius 3 is 2.74 bits per heavy atom. The number of carboxylic acids is 1. The quantitative estimate of drug-likeness (QED) is 0.755. The highest BCUT2D eigenvalue weighted by molar-refractivity contribution is 7.14. The topological polar surface area (TPSA) is 66.4 Å². The third kappa shape index (κ3) is 4.21. The van der Waals surface area contributed by atoms with Crippen molar-refractivity contribution in [2.24, 2.45) is 0 Å². The lowest BCUT2D eigenvalue weighted by atomic mass is 10.1. The molecular formula is C14H19NO3S. The Morgan fingerprint density at radius 1 is 1.58 bits per heavy atom. The highest BCUT2D eigenvalue weighted by Gasteiger charge is 2.21. The Labute approximate surface area is 117 Å². The zero-order valence-corrected chi connectivity index (χ0v) is 12.0. The van der Waals surface area contributed by atoms with E-state index in [0.717, 1.165) is 16.9 Å². The fourth-order valence-corrected chi connectivity index (χ4v) is 2.77. The van der Waals surface area contributed by atoms with E-state index in [4.69, 9.17) is 5.11 Å². The van der Waals surface area contributed by atoms with Crippen LogP contribution in [0.1, 0.15) is 39.9 Å². The van der Waals surface area contributed by atoms with E-state index in [2.05, 4.69) is 11.9 Å². The molecule has 4 nitrogen and oxygen atoms in total. The molecule has 1 atom stereocenters. The third-order valence-electron chi connectivity index (χ3n) is 2.83. The van der Waals surface area contributed by atoms with Crippen molar-refractivity contribution >= 4 is 23.2 Å². The summed E-state index contributed by atoms with van der Waals surface area (Å²) < 4.78 is 0. The number of carboxylic acid groups (broad SMARTS) is 1. The van der Waals surface area contributed by atoms with Crippen LogP contribution in [0.25, 0.3) is 0 Å². The van der Waals surface area contributed by atoms with Crippen molar-refractivity contribution in [3.8, 4) is 0 Å². The monoisotopic (exact) mass is 281 g/mol. The second-order valence-electron chi connectivity index (χ2n) is 4.30. The highest BCUT2D eigenvalue weighted by Crippen LogP contribution is 2.22. The summed E-state index contributed by atoms with van der Waals surface area (Å²) in [4.78, 5) is 24.8. The fraction of sp³-hybridized carbons (Fsp3) is 0.429. The Balaban J connectivity index is 2.75. The van der Waals surface area contributed by atoms with Crippen LogP contribution in [0.3, 0.4) is 0 Å². The maximum Gasteiger partial charge on any atom is 0.326 e. The molecule has 0 aliphatic rings. The first-order chi connectivity index (χ1) is 8.99. The molecule has 1 rings (SSSR count). The predicted octanol–water partition coefficient (Wildman–Crippen LogP) is 2.77. The minimum atomic E-state index is -1.01. The average Bonchev–Trinajstić information content (AvgIpc) is 2.75. The van der Waals surface area contributed by atoms with Crippen molar-refractivity contribution in [3.05, 3.63) is 34.0 Å². The van der Waals surface area contributed by atoms with E-state index in [1.807, 2.05) is 19.9 Å². The van der Waals surface area contributed by atoms with E-state index in [-0.39, 0.29) is 5.91 Å². The molecule has 19 heavy (non-hydrogen) atoms. The number of allylic oxidation sites excluding steroid dienone is 1. The molecule has 0 aliphatic heterocycles. The van der Waals surface area contributed by atoms with Gasteiger partial charge in [-0.25, -0.2) is 4.79 Å². The highest BCUT2D eigenvalue weighted by atomic mass is 32.1. The minimum Gasteiger partial charge on any atom is -0.480 e. The summed E-state index contributed by atoms with van der Waals surface area (Å²) in [6, 6.07) is 0.948. The van der Waals surface area contributed by atoms with Crippen LogP contribution in [0.15, 0.2) is 18.7 Å². The van der Waals surface area contributed by atoms with E-state index >= 15 is 0 Å². The fourth-order valence-electron chi connectivity index (χ4n) is 1.75. The predicted molar refractivity (Wildman–Crippen MR) is 76.8 cm³/mol. The Kier molecular flexibility index (Phi) is 5.76. The molecule has 1 heterocycles. The normalized spacial score (nSPS) is 11.9. The molecule has 0 aromatic carbocycles. The van der Waals surface area contributed by atoms with Gasteiger partial charge in [-0.15, -0.1) is 17.9 Å². The van der Waals surface area contributed by atoms with E-state index in [0.29, 0.717) is 17.7 Å². The van der Waals surface area contributed by atoms with Gasteiger partial charge < -0.3 is 10.4 Å². The molecule has 0 spiro atoms. The largest absolute Gasteiger partial charge is 0.480 e. The van der Waals surface area contributed by atoms with Crippen LogP contribution in [0.5, 0.6) is 0 Å². The smallest absolute Gasteiger partial charge is 0.326 e. The number of amides is 1. The van der Waals surface area contributed by atoms with Gasteiger partial charge >= 0.3 is 5.97 Å². The summed E-state index contributed by atoms with van der Waals surface area (Å²) in [5.74, 6) is -1.33. The standard InChI is InChI=1S/C14H19NO3S/c1-4-6-7-10(14(17)18)15-13(16)12-8-9(3)11(5-2)19-12/h4,8,10H,1,5-7H2,2-3H3,(H,15,16)(H,17,18). The van der Waals surface area contributed by atoms with Crippen molar-refractivity contribution in [1.29, 1.82) is 0 Å². The van der Waals surface area contributed by atoms with Gasteiger partial charge in [0.05, 0.1) is 4.88 Å². The van der Waals surface area contributed by atoms with Crippen LogP contribution in [0.2, 0.25) is 0 Å². The Bertz CT molecular complexity index is 479. The molecule has 1 amide bonds. The van der Waals surface area contributed by atoms with Gasteiger partial charge in [0.25, 0.3) is 5.91 Å². The Morgan fingerprint density at radius 2 is 2.26 bits per heavy atom. The van der Waals surface area contributed by atoms with Crippen molar-refractivity contribution < 1.29 is 14.7 Å². The molecule has 1 aromatic heterocycles. The van der Waals surface area contributed by atoms with Crippen LogP contribution in [-0.2, 0) is 11.2 Å². The molecule has 5 heteroatoms. The van der Waals surface area contributed by atoms with Crippen LogP contribution in [-0.4, -0.2) is 23.0 Å². The molecule has 1 aromatic rings. The van der Waals surface area contributed by atoms with Gasteiger partial charge in [0.15, 0.2) is 0 Å². The molecule has 0 bridgehead atoms. The number of hydrogen-bond acceptors (Lipinski definition) is 3. The number of aryl methyl sites for hydroxylation is 2. The first-order valence-corrected chi connectivity index (χ1v) is 7.05. The second kappa shape index (κ2) is 7.09. The van der Waals surface area contributed by atoms with E-state index < -0.39 is 12.0 Å². The lowest BCUT2D eigenvalue weighted by Gasteiger charge is -2.12. The van der Waals surface area contributed by atoms with Crippen molar-refractivity contribution in [1.82, 2.24) is 5.32 Å². The summed E-state index contributed by atoms with van der Waals surface area (Å²) in [5, 5.41) is 11.6. The SMILES string of the molecule is C=CCCC(NC(=O)c1cc(C)c(CC)s1)C(=O)O. The van der Waals surface area contributed by atoms with Crippen molar-refractivity contribution in [2.45, 2.75) is 39.2 Å². The number of rotatable bonds is 7. The molecule has 104 valence electrons. The number of hydrogen-bond donors (Lipinski definition) is 2. The maximum atomic E-state index is 12.0. The molecule has 0 aliphatic carbocycles. The van der Waals surface area contributed by atoms with E-state index in [1.54, 1.807) is 6.08 Å². The summed E-state index contributed by atoms with van der Waals surface area (Å²) in [6.07, 6.45) is 3.44. The number of nitrogens with one attached hydrogen (secondary N) is 1. The van der Waals surface area contributed by atoms with Crippen LogP contribution in [0.4, 0.5) is 0 Å². The van der Waals surface area contributed by atoms with Gasteiger partial charge in [-0.05, 0) is 37.8 Å². The molecule has 0 saturated carbocycles. The maximum absolute atomic E-state index is 12.0. The van der Waals surface area contributed by atoms with Gasteiger partial charge in [-0.1, -0.05) is 13.0 Å². The van der Waals surface area contributed by atoms with E-state index in [1.165, 1.54) is 11.3 Å². The molecule has 0 fully saturated rings. The first kappa shape index (κ1) is 15.4. The van der Waals surface area contributed by atoms with Gasteiger partial charge in [0.2, 0.25) is 0 Å². The van der Waals surface area contributed by atoms with Gasteiger partial charge in [0.1, 0.15) is 6.04 Å². The second-order valence-corrected chi connectivity index (χ2v) is 5.44. The number of thiophene rings is 1. The molecule has 2 N–H and O–H groups in total. The summed E-state index contributed by atoms with van der Waals surface area (Å²) in [7, 11) is 0. The van der Waals surface area contributed by atoms with E-state index in [9.17, 15) is 9.59 Å². The number of aliphatic carboxylic acids is 1. The molecular weight excluding hydrogens is 262 g/mol. The first-order valence-electron chi connectivity index (χ1n) is 6.23. The van der Waals surface area contributed by atoms with Crippen molar-refractivity contribution in [3.63, 3.8) is 0 Å². The summed E-state index contributed by atoms with van der Waals surface area (Å²) >= 11 is 1.42. The van der Waals surface area contributed by atoms with Gasteiger partial charge in [0, 0.05) is 4.88 Å². The summed E-state index contributed by atoms with van der Waals surface area (Å²) in [5.41, 5.74) is 1.08. The summed E-state index contributed by atoms with van der Waals surface area (Å²) in [6.45, 7) is 7.54. The van der Waals surface area contributed by atoms with Gasteiger partial charge in [-0.3, -0.25) is 4.79 Å². The Hall–Kier alpha value is -1.62. The zero-order valence-electron chi connectivity index (χ0n) is 11.2.